The Labute approximate surface area is 122 Å². The van der Waals surface area contributed by atoms with E-state index >= 15 is 0 Å². The number of nitrogens with zero attached hydrogens (tertiary/aromatic N) is 1. The van der Waals surface area contributed by atoms with E-state index in [2.05, 4.69) is 55.4 Å². The third kappa shape index (κ3) is 3.39. The Hall–Kier alpha value is -0.380. The average molecular weight is 280 g/mol. The zero-order chi connectivity index (χ0) is 13.9. The lowest BCUT2D eigenvalue weighted by atomic mass is 9.88. The highest BCUT2D eigenvalue weighted by Gasteiger charge is 2.37. The SMILES string of the molecule is CCC(C)C1CN(Cc2cccs2)C(C)(CC)CN1. The van der Waals surface area contributed by atoms with Gasteiger partial charge >= 0.3 is 0 Å². The van der Waals surface area contributed by atoms with Crippen LogP contribution >= 0.6 is 11.3 Å². The molecule has 0 spiro atoms. The molecule has 1 aromatic rings. The zero-order valence-corrected chi connectivity index (χ0v) is 13.6. The summed E-state index contributed by atoms with van der Waals surface area (Å²) in [6.45, 7) is 12.8. The summed E-state index contributed by atoms with van der Waals surface area (Å²) >= 11 is 1.88. The van der Waals surface area contributed by atoms with Gasteiger partial charge in [-0.05, 0) is 30.7 Å². The first kappa shape index (κ1) is 15.0. The molecular weight excluding hydrogens is 252 g/mol. The van der Waals surface area contributed by atoms with E-state index in [4.69, 9.17) is 0 Å². The molecule has 3 atom stereocenters. The second-order valence-corrected chi connectivity index (χ2v) is 7.22. The zero-order valence-electron chi connectivity index (χ0n) is 12.8. The average Bonchev–Trinajstić information content (AvgIpc) is 2.93. The van der Waals surface area contributed by atoms with Crippen LogP contribution in [0.15, 0.2) is 17.5 Å². The van der Waals surface area contributed by atoms with Crippen LogP contribution in [0.25, 0.3) is 0 Å². The summed E-state index contributed by atoms with van der Waals surface area (Å²) in [6, 6.07) is 5.07. The van der Waals surface area contributed by atoms with E-state index in [1.807, 2.05) is 11.3 Å². The van der Waals surface area contributed by atoms with Gasteiger partial charge in [0.05, 0.1) is 0 Å². The fourth-order valence-corrected chi connectivity index (χ4v) is 3.56. The fourth-order valence-electron chi connectivity index (χ4n) is 2.85. The number of rotatable bonds is 5. The molecule has 19 heavy (non-hydrogen) atoms. The molecule has 1 aliphatic rings. The lowest BCUT2D eigenvalue weighted by molar-refractivity contribution is 0.0302. The van der Waals surface area contributed by atoms with E-state index in [0.29, 0.717) is 11.6 Å². The molecule has 0 aliphatic carbocycles. The maximum Gasteiger partial charge on any atom is 0.0334 e. The van der Waals surface area contributed by atoms with Crippen LogP contribution in [0.3, 0.4) is 0 Å². The number of hydrogen-bond donors (Lipinski definition) is 1. The first-order chi connectivity index (χ1) is 9.09. The van der Waals surface area contributed by atoms with Gasteiger partial charge in [-0.1, -0.05) is 33.3 Å². The van der Waals surface area contributed by atoms with Crippen LogP contribution in [-0.4, -0.2) is 29.6 Å². The van der Waals surface area contributed by atoms with Crippen molar-refractivity contribution in [3.05, 3.63) is 22.4 Å². The third-order valence-electron chi connectivity index (χ3n) is 4.94. The minimum Gasteiger partial charge on any atom is -0.311 e. The Morgan fingerprint density at radius 1 is 1.53 bits per heavy atom. The number of thiophene rings is 1. The molecule has 0 aromatic carbocycles. The Morgan fingerprint density at radius 3 is 2.89 bits per heavy atom. The van der Waals surface area contributed by atoms with Gasteiger partial charge in [0.15, 0.2) is 0 Å². The Balaban J connectivity index is 2.09. The van der Waals surface area contributed by atoms with Gasteiger partial charge in [0.2, 0.25) is 0 Å². The molecule has 2 heterocycles. The van der Waals surface area contributed by atoms with Gasteiger partial charge in [-0.25, -0.2) is 0 Å². The first-order valence-electron chi connectivity index (χ1n) is 7.60. The molecule has 1 N–H and O–H groups in total. The molecule has 1 aliphatic heterocycles. The summed E-state index contributed by atoms with van der Waals surface area (Å²) in [4.78, 5) is 4.19. The van der Waals surface area contributed by atoms with Gasteiger partial charge in [-0.2, -0.15) is 0 Å². The van der Waals surface area contributed by atoms with Crippen LogP contribution in [0, 0.1) is 5.92 Å². The monoisotopic (exact) mass is 280 g/mol. The van der Waals surface area contributed by atoms with Crippen molar-refractivity contribution in [2.24, 2.45) is 5.92 Å². The van der Waals surface area contributed by atoms with Crippen molar-refractivity contribution in [3.63, 3.8) is 0 Å². The molecule has 1 aromatic heterocycles. The summed E-state index contributed by atoms with van der Waals surface area (Å²) < 4.78 is 0. The molecule has 1 saturated heterocycles. The van der Waals surface area contributed by atoms with Crippen molar-refractivity contribution in [3.8, 4) is 0 Å². The molecule has 3 heteroatoms. The number of piperazine rings is 1. The van der Waals surface area contributed by atoms with Crippen LogP contribution in [0.4, 0.5) is 0 Å². The molecule has 2 nitrogen and oxygen atoms in total. The van der Waals surface area contributed by atoms with Crippen molar-refractivity contribution in [1.82, 2.24) is 10.2 Å². The van der Waals surface area contributed by atoms with Crippen LogP contribution < -0.4 is 5.32 Å². The van der Waals surface area contributed by atoms with Gasteiger partial charge in [-0.3, -0.25) is 4.90 Å². The Morgan fingerprint density at radius 2 is 2.32 bits per heavy atom. The predicted octanol–water partition coefficient (Wildman–Crippen LogP) is 3.74. The summed E-state index contributed by atoms with van der Waals surface area (Å²) in [5.41, 5.74) is 0.300. The molecule has 0 bridgehead atoms. The number of nitrogens with one attached hydrogen (secondary N) is 1. The quantitative estimate of drug-likeness (QED) is 0.884. The largest absolute Gasteiger partial charge is 0.311 e. The number of hydrogen-bond acceptors (Lipinski definition) is 3. The van der Waals surface area contributed by atoms with Crippen molar-refractivity contribution in [2.45, 2.75) is 58.7 Å². The molecular formula is C16H28N2S. The summed E-state index contributed by atoms with van der Waals surface area (Å²) in [5, 5.41) is 5.97. The van der Waals surface area contributed by atoms with E-state index < -0.39 is 0 Å². The van der Waals surface area contributed by atoms with Crippen LogP contribution in [0.5, 0.6) is 0 Å². The van der Waals surface area contributed by atoms with Gasteiger partial charge < -0.3 is 5.32 Å². The topological polar surface area (TPSA) is 15.3 Å². The minimum atomic E-state index is 0.300. The van der Waals surface area contributed by atoms with Crippen molar-refractivity contribution in [2.75, 3.05) is 13.1 Å². The molecule has 0 radical (unpaired) electrons. The van der Waals surface area contributed by atoms with Crippen LogP contribution in [0.2, 0.25) is 0 Å². The molecule has 1 fully saturated rings. The fraction of sp³-hybridized carbons (Fsp3) is 0.750. The van der Waals surface area contributed by atoms with E-state index in [9.17, 15) is 0 Å². The van der Waals surface area contributed by atoms with Gasteiger partial charge in [-0.15, -0.1) is 11.3 Å². The van der Waals surface area contributed by atoms with E-state index in [1.165, 1.54) is 24.3 Å². The van der Waals surface area contributed by atoms with Crippen LogP contribution in [0.1, 0.15) is 45.4 Å². The molecule has 2 rings (SSSR count). The maximum atomic E-state index is 3.78. The second-order valence-electron chi connectivity index (χ2n) is 6.18. The lowest BCUT2D eigenvalue weighted by Crippen LogP contribution is -2.63. The smallest absolute Gasteiger partial charge is 0.0334 e. The summed E-state index contributed by atoms with van der Waals surface area (Å²) in [7, 11) is 0. The highest BCUT2D eigenvalue weighted by atomic mass is 32.1. The van der Waals surface area contributed by atoms with Gasteiger partial charge in [0, 0.05) is 36.1 Å². The minimum absolute atomic E-state index is 0.300. The molecule has 0 amide bonds. The molecule has 108 valence electrons. The Bertz CT molecular complexity index is 376. The highest BCUT2D eigenvalue weighted by Crippen LogP contribution is 2.28. The normalized spacial score (nSPS) is 30.4. The third-order valence-corrected chi connectivity index (χ3v) is 5.81. The molecule has 3 unspecified atom stereocenters. The second kappa shape index (κ2) is 6.38. The summed E-state index contributed by atoms with van der Waals surface area (Å²) in [5.74, 6) is 0.757. The van der Waals surface area contributed by atoms with Crippen molar-refractivity contribution in [1.29, 1.82) is 0 Å². The van der Waals surface area contributed by atoms with Crippen molar-refractivity contribution >= 4 is 11.3 Å². The highest BCUT2D eigenvalue weighted by molar-refractivity contribution is 7.09. The standard InChI is InChI=1S/C16H28N2S/c1-5-13(3)15-11-18(10-14-8-7-9-19-14)16(4,6-2)12-17-15/h7-9,13,15,17H,5-6,10-12H2,1-4H3. The van der Waals surface area contributed by atoms with E-state index in [-0.39, 0.29) is 0 Å². The Kier molecular flexibility index (Phi) is 5.04. The van der Waals surface area contributed by atoms with Gasteiger partial charge in [0.25, 0.3) is 0 Å². The van der Waals surface area contributed by atoms with Crippen LogP contribution in [-0.2, 0) is 6.54 Å². The van der Waals surface area contributed by atoms with E-state index in [0.717, 1.165) is 19.0 Å². The maximum absolute atomic E-state index is 3.78. The lowest BCUT2D eigenvalue weighted by Gasteiger charge is -2.49. The predicted molar refractivity (Wildman–Crippen MR) is 84.7 cm³/mol. The summed E-state index contributed by atoms with van der Waals surface area (Å²) in [6.07, 6.45) is 2.46. The van der Waals surface area contributed by atoms with Crippen molar-refractivity contribution < 1.29 is 0 Å². The molecule has 0 saturated carbocycles. The van der Waals surface area contributed by atoms with Gasteiger partial charge in [0.1, 0.15) is 0 Å². The first-order valence-corrected chi connectivity index (χ1v) is 8.48. The van der Waals surface area contributed by atoms with E-state index in [1.54, 1.807) is 0 Å².